The third kappa shape index (κ3) is 0.611. The second kappa shape index (κ2) is 1.95. The predicted octanol–water partition coefficient (Wildman–Crippen LogP) is 0.919. The summed E-state index contributed by atoms with van der Waals surface area (Å²) in [5, 5.41) is 11.1. The Labute approximate surface area is 61.4 Å². The van der Waals surface area contributed by atoms with Gasteiger partial charge in [0.05, 0.1) is 0 Å². The van der Waals surface area contributed by atoms with Crippen molar-refractivity contribution in [2.24, 2.45) is 0 Å². The van der Waals surface area contributed by atoms with Crippen LogP contribution in [-0.4, -0.2) is 11.7 Å². The summed E-state index contributed by atoms with van der Waals surface area (Å²) in [4.78, 5) is 0. The van der Waals surface area contributed by atoms with Crippen molar-refractivity contribution < 1.29 is 9.78 Å². The number of fused-ring (bicyclic) bond motifs is 1. The average molecular weight is 142 g/mol. The Hall–Kier alpha value is -0.0800. The van der Waals surface area contributed by atoms with Gasteiger partial charge in [0.1, 0.15) is 0 Å². The van der Waals surface area contributed by atoms with Gasteiger partial charge in [-0.3, -0.25) is 0 Å². The Bertz CT molecular complexity index is 146. The predicted molar refractivity (Wildman–Crippen MR) is 36.4 cm³/mol. The largest absolute Gasteiger partial charge is 0.533 e. The average Bonchev–Trinajstić information content (AvgIpc) is 2.60. The summed E-state index contributed by atoms with van der Waals surface area (Å²) in [5.41, 5.74) is 0.0399. The Morgan fingerprint density at radius 1 is 1.60 bits per heavy atom. The summed E-state index contributed by atoms with van der Waals surface area (Å²) in [6, 6.07) is 0. The molecule has 2 rings (SSSR count). The van der Waals surface area contributed by atoms with Crippen LogP contribution in [0.3, 0.4) is 0 Å². The maximum absolute atomic E-state index is 11.1. The van der Waals surface area contributed by atoms with Crippen LogP contribution in [-0.2, 0) is 4.52 Å². The molecule has 2 fully saturated rings. The molecule has 1 aliphatic carbocycles. The molecule has 1 saturated carbocycles. The fraction of sp³-hybridized carbons (Fsp3) is 1.00. The molecular weight excluding hydrogens is 128 g/mol. The topological polar surface area (TPSA) is 25.8 Å². The fourth-order valence-electron chi connectivity index (χ4n) is 2.30. The Morgan fingerprint density at radius 3 is 2.90 bits per heavy atom. The summed E-state index contributed by atoms with van der Waals surface area (Å²) in [7, 11) is 0. The molecule has 0 radical (unpaired) electrons. The van der Waals surface area contributed by atoms with Crippen LogP contribution in [0.15, 0.2) is 0 Å². The summed E-state index contributed by atoms with van der Waals surface area (Å²) in [5.74, 6) is 0. The lowest BCUT2D eigenvalue weighted by atomic mass is 9.87. The van der Waals surface area contributed by atoms with Crippen molar-refractivity contribution in [3.63, 3.8) is 0 Å². The number of hydrogen-bond acceptors (Lipinski definition) is 1. The van der Waals surface area contributed by atoms with E-state index in [2.05, 4.69) is 11.4 Å². The standard InChI is InChI=1S/C8H14O2/c1-2-8-6-4-3-5-7(8)10(8)9/h7H,2-6H2,1H3. The lowest BCUT2D eigenvalue weighted by Gasteiger charge is -2.09. The van der Waals surface area contributed by atoms with Crippen molar-refractivity contribution >= 4 is 0 Å². The van der Waals surface area contributed by atoms with E-state index in [9.17, 15) is 5.26 Å². The van der Waals surface area contributed by atoms with Crippen LogP contribution >= 0.6 is 0 Å². The first-order valence-electron chi connectivity index (χ1n) is 4.22. The first kappa shape index (κ1) is 6.62. The normalized spacial score (nSPS) is 46.8. The van der Waals surface area contributed by atoms with Gasteiger partial charge in [-0.15, -0.1) is 0 Å². The molecule has 1 heterocycles. The fourth-order valence-corrected chi connectivity index (χ4v) is 2.30. The molecule has 2 aliphatic rings. The number of hydrogen-bond donors (Lipinski definition) is 0. The molecule has 1 saturated heterocycles. The van der Waals surface area contributed by atoms with E-state index in [4.69, 9.17) is 0 Å². The molecule has 0 N–H and O–H groups in total. The molecular formula is C8H14O2. The van der Waals surface area contributed by atoms with Gasteiger partial charge >= 0.3 is 0 Å². The van der Waals surface area contributed by atoms with Gasteiger partial charge in [0.25, 0.3) is 0 Å². The van der Waals surface area contributed by atoms with E-state index in [1.54, 1.807) is 0 Å². The van der Waals surface area contributed by atoms with Crippen LogP contribution in [0, 0.1) is 0 Å². The first-order chi connectivity index (χ1) is 4.81. The smallest absolute Gasteiger partial charge is 0.244 e. The van der Waals surface area contributed by atoms with Crippen LogP contribution in [0.5, 0.6) is 0 Å². The molecule has 58 valence electrons. The van der Waals surface area contributed by atoms with Crippen LogP contribution < -0.4 is 5.26 Å². The van der Waals surface area contributed by atoms with E-state index in [-0.39, 0.29) is 5.60 Å². The summed E-state index contributed by atoms with van der Waals surface area (Å²) < 4.78 is 2.09. The lowest BCUT2D eigenvalue weighted by Crippen LogP contribution is -2.21. The Kier molecular flexibility index (Phi) is 1.29. The second-order valence-electron chi connectivity index (χ2n) is 3.45. The lowest BCUT2D eigenvalue weighted by molar-refractivity contribution is -0.751. The minimum absolute atomic E-state index is 0.0399. The highest BCUT2D eigenvalue weighted by molar-refractivity contribution is 5.05. The molecule has 0 spiro atoms. The number of epoxide rings is 1. The highest BCUT2D eigenvalue weighted by Crippen LogP contribution is 2.53. The molecule has 2 atom stereocenters. The summed E-state index contributed by atoms with van der Waals surface area (Å²) >= 11 is 0. The molecule has 10 heavy (non-hydrogen) atoms. The maximum atomic E-state index is 11.1. The van der Waals surface area contributed by atoms with E-state index >= 15 is 0 Å². The molecule has 0 aromatic heterocycles. The third-order valence-electron chi connectivity index (χ3n) is 3.10. The van der Waals surface area contributed by atoms with E-state index < -0.39 is 0 Å². The van der Waals surface area contributed by atoms with Gasteiger partial charge in [-0.05, 0) is 12.8 Å². The van der Waals surface area contributed by atoms with Crippen LogP contribution in [0.25, 0.3) is 0 Å². The van der Waals surface area contributed by atoms with Crippen LogP contribution in [0.4, 0.5) is 0 Å². The Balaban J connectivity index is 2.09. The van der Waals surface area contributed by atoms with E-state index in [0.717, 1.165) is 19.3 Å². The monoisotopic (exact) mass is 142 g/mol. The molecule has 1 aliphatic heterocycles. The van der Waals surface area contributed by atoms with Crippen molar-refractivity contribution in [3.05, 3.63) is 0 Å². The quantitative estimate of drug-likeness (QED) is 0.303. The SMILES string of the molecule is CCC12CCCCC1[O+]2[O-]. The molecule has 2 unspecified atom stereocenters. The minimum Gasteiger partial charge on any atom is -0.533 e. The first-order valence-corrected chi connectivity index (χ1v) is 4.22. The zero-order valence-electron chi connectivity index (χ0n) is 6.43. The summed E-state index contributed by atoms with van der Waals surface area (Å²) in [6.45, 7) is 2.11. The van der Waals surface area contributed by atoms with Gasteiger partial charge in [-0.1, -0.05) is 6.92 Å². The Morgan fingerprint density at radius 2 is 2.40 bits per heavy atom. The highest BCUT2D eigenvalue weighted by Gasteiger charge is 2.68. The van der Waals surface area contributed by atoms with Crippen molar-refractivity contribution in [1.29, 1.82) is 0 Å². The molecule has 0 aromatic rings. The van der Waals surface area contributed by atoms with Crippen molar-refractivity contribution in [2.45, 2.75) is 50.7 Å². The molecule has 0 amide bonds. The molecule has 2 nitrogen and oxygen atoms in total. The third-order valence-corrected chi connectivity index (χ3v) is 3.10. The molecule has 0 bridgehead atoms. The van der Waals surface area contributed by atoms with Crippen molar-refractivity contribution in [3.8, 4) is 0 Å². The van der Waals surface area contributed by atoms with E-state index in [1.807, 2.05) is 0 Å². The van der Waals surface area contributed by atoms with Gasteiger partial charge in [0.2, 0.25) is 11.7 Å². The van der Waals surface area contributed by atoms with Gasteiger partial charge in [0.15, 0.2) is 0 Å². The van der Waals surface area contributed by atoms with Gasteiger partial charge in [0, 0.05) is 19.3 Å². The van der Waals surface area contributed by atoms with Crippen molar-refractivity contribution in [2.75, 3.05) is 0 Å². The highest BCUT2D eigenvalue weighted by atomic mass is 17.3. The van der Waals surface area contributed by atoms with E-state index in [1.165, 1.54) is 12.8 Å². The second-order valence-corrected chi connectivity index (χ2v) is 3.45. The number of rotatable bonds is 1. The molecule has 2 heteroatoms. The minimum atomic E-state index is 0.0399. The zero-order valence-corrected chi connectivity index (χ0v) is 6.43. The van der Waals surface area contributed by atoms with Gasteiger partial charge in [-0.25, -0.2) is 0 Å². The van der Waals surface area contributed by atoms with Gasteiger partial charge in [-0.2, -0.15) is 0 Å². The maximum Gasteiger partial charge on any atom is 0.244 e. The van der Waals surface area contributed by atoms with Crippen LogP contribution in [0.2, 0.25) is 0 Å². The zero-order chi connectivity index (χ0) is 7.19. The van der Waals surface area contributed by atoms with Crippen molar-refractivity contribution in [1.82, 2.24) is 0 Å². The van der Waals surface area contributed by atoms with Gasteiger partial charge < -0.3 is 9.78 Å². The molecule has 0 aromatic carbocycles. The van der Waals surface area contributed by atoms with E-state index in [0.29, 0.717) is 6.10 Å². The van der Waals surface area contributed by atoms with Crippen LogP contribution in [0.1, 0.15) is 39.0 Å². The summed E-state index contributed by atoms with van der Waals surface area (Å²) in [6.07, 6.45) is 6.07.